The number of nitrogens with one attached hydrogen (secondary N) is 1. The first-order valence-electron chi connectivity index (χ1n) is 8.55. The third-order valence-electron chi connectivity index (χ3n) is 4.16. The third-order valence-corrected chi connectivity index (χ3v) is 4.16. The van der Waals surface area contributed by atoms with Crippen molar-refractivity contribution in [2.45, 2.75) is 78.1 Å². The largest absolute Gasteiger partial charge is 0.380 e. The lowest BCUT2D eigenvalue weighted by Gasteiger charge is -2.38. The number of hydrogen-bond acceptors (Lipinski definition) is 2. The molecule has 1 aliphatic rings. The summed E-state index contributed by atoms with van der Waals surface area (Å²) in [6.45, 7) is 8.79. The maximum Gasteiger partial charge on any atom is 0.0554 e. The summed E-state index contributed by atoms with van der Waals surface area (Å²) in [4.78, 5) is 0. The van der Waals surface area contributed by atoms with Crippen molar-refractivity contribution in [1.29, 1.82) is 0 Å². The Hall–Kier alpha value is -0.0800. The van der Waals surface area contributed by atoms with E-state index >= 15 is 0 Å². The Bertz CT molecular complexity index is 201. The van der Waals surface area contributed by atoms with Crippen LogP contribution < -0.4 is 5.32 Å². The number of unbranched alkanes of at least 4 members (excludes halogenated alkanes) is 9. The molecule has 0 saturated carbocycles. The Labute approximate surface area is 120 Å². The van der Waals surface area contributed by atoms with Crippen molar-refractivity contribution in [1.82, 2.24) is 5.32 Å². The van der Waals surface area contributed by atoms with E-state index in [1.54, 1.807) is 0 Å². The minimum absolute atomic E-state index is 0.429. The predicted molar refractivity (Wildman–Crippen MR) is 83.6 cm³/mol. The van der Waals surface area contributed by atoms with Crippen molar-refractivity contribution in [3.8, 4) is 0 Å². The molecule has 1 rings (SSSR count). The first-order chi connectivity index (χ1) is 9.27. The number of rotatable bonds is 13. The maximum atomic E-state index is 5.26. The molecule has 2 heteroatoms. The highest BCUT2D eigenvalue weighted by Gasteiger charge is 2.32. The van der Waals surface area contributed by atoms with Gasteiger partial charge >= 0.3 is 0 Å². The van der Waals surface area contributed by atoms with Crippen LogP contribution >= 0.6 is 0 Å². The van der Waals surface area contributed by atoms with Crippen LogP contribution in [0.15, 0.2) is 0 Å². The Morgan fingerprint density at radius 2 is 1.37 bits per heavy atom. The van der Waals surface area contributed by atoms with Crippen molar-refractivity contribution >= 4 is 0 Å². The highest BCUT2D eigenvalue weighted by Crippen LogP contribution is 2.24. The SMILES string of the molecule is CCCCCCCCCCCCNCC1(C)COC1. The molecule has 1 aliphatic heterocycles. The van der Waals surface area contributed by atoms with Crippen LogP contribution in [0.5, 0.6) is 0 Å². The van der Waals surface area contributed by atoms with E-state index in [4.69, 9.17) is 4.74 Å². The van der Waals surface area contributed by atoms with Crippen molar-refractivity contribution in [3.05, 3.63) is 0 Å². The lowest BCUT2D eigenvalue weighted by molar-refractivity contribution is -0.0989. The molecule has 0 radical (unpaired) electrons. The molecule has 0 atom stereocenters. The van der Waals surface area contributed by atoms with Crippen LogP contribution in [-0.4, -0.2) is 26.3 Å². The zero-order valence-electron chi connectivity index (χ0n) is 13.3. The summed E-state index contributed by atoms with van der Waals surface area (Å²) in [6, 6.07) is 0. The lowest BCUT2D eigenvalue weighted by Crippen LogP contribution is -2.47. The molecule has 19 heavy (non-hydrogen) atoms. The highest BCUT2D eigenvalue weighted by atomic mass is 16.5. The Balaban J connectivity index is 1.69. The van der Waals surface area contributed by atoms with Crippen LogP contribution in [0, 0.1) is 5.41 Å². The fraction of sp³-hybridized carbons (Fsp3) is 1.00. The molecule has 1 heterocycles. The average molecular weight is 269 g/mol. The molecule has 2 nitrogen and oxygen atoms in total. The van der Waals surface area contributed by atoms with Crippen LogP contribution in [0.2, 0.25) is 0 Å². The summed E-state index contributed by atoms with van der Waals surface area (Å²) in [5.74, 6) is 0. The zero-order chi connectivity index (χ0) is 13.8. The van der Waals surface area contributed by atoms with Crippen molar-refractivity contribution in [3.63, 3.8) is 0 Å². The molecule has 0 aromatic carbocycles. The normalized spacial score (nSPS) is 17.4. The standard InChI is InChI=1S/C17H35NO/c1-3-4-5-6-7-8-9-10-11-12-13-18-14-17(2)15-19-16-17/h18H,3-16H2,1-2H3. The molecule has 0 aliphatic carbocycles. The van der Waals surface area contributed by atoms with Crippen LogP contribution in [0.1, 0.15) is 78.1 Å². The van der Waals surface area contributed by atoms with E-state index in [1.807, 2.05) is 0 Å². The molecule has 0 aromatic heterocycles. The fourth-order valence-corrected chi connectivity index (χ4v) is 2.68. The second kappa shape index (κ2) is 10.7. The van der Waals surface area contributed by atoms with E-state index in [9.17, 15) is 0 Å². The lowest BCUT2D eigenvalue weighted by atomic mass is 9.89. The summed E-state index contributed by atoms with van der Waals surface area (Å²) < 4.78 is 5.26. The number of ether oxygens (including phenoxy) is 1. The maximum absolute atomic E-state index is 5.26. The smallest absolute Gasteiger partial charge is 0.0554 e. The van der Waals surface area contributed by atoms with Crippen molar-refractivity contribution in [2.75, 3.05) is 26.3 Å². The summed E-state index contributed by atoms with van der Waals surface area (Å²) in [6.07, 6.45) is 14.2. The van der Waals surface area contributed by atoms with Crippen LogP contribution in [-0.2, 0) is 4.74 Å². The van der Waals surface area contributed by atoms with Gasteiger partial charge in [0.25, 0.3) is 0 Å². The Kier molecular flexibility index (Phi) is 9.54. The van der Waals surface area contributed by atoms with Crippen molar-refractivity contribution < 1.29 is 4.74 Å². The summed E-state index contributed by atoms with van der Waals surface area (Å²) >= 11 is 0. The zero-order valence-corrected chi connectivity index (χ0v) is 13.3. The first-order valence-corrected chi connectivity index (χ1v) is 8.55. The third kappa shape index (κ3) is 8.65. The van der Waals surface area contributed by atoms with Gasteiger partial charge in [0.15, 0.2) is 0 Å². The van der Waals surface area contributed by atoms with Gasteiger partial charge in [0.05, 0.1) is 13.2 Å². The molecule has 114 valence electrons. The van der Waals surface area contributed by atoms with E-state index in [1.165, 1.54) is 70.8 Å². The van der Waals surface area contributed by atoms with Gasteiger partial charge in [-0.05, 0) is 13.0 Å². The van der Waals surface area contributed by atoms with Gasteiger partial charge in [0.1, 0.15) is 0 Å². The molecule has 0 bridgehead atoms. The summed E-state index contributed by atoms with van der Waals surface area (Å²) in [5, 5.41) is 3.57. The molecule has 0 spiro atoms. The van der Waals surface area contributed by atoms with Gasteiger partial charge in [0.2, 0.25) is 0 Å². The monoisotopic (exact) mass is 269 g/mol. The van der Waals surface area contributed by atoms with Crippen LogP contribution in [0.4, 0.5) is 0 Å². The molecular weight excluding hydrogens is 234 g/mol. The molecule has 0 aromatic rings. The molecule has 1 saturated heterocycles. The number of hydrogen-bond donors (Lipinski definition) is 1. The first kappa shape index (κ1) is 17.0. The second-order valence-corrected chi connectivity index (χ2v) is 6.66. The van der Waals surface area contributed by atoms with Crippen LogP contribution in [0.3, 0.4) is 0 Å². The summed E-state index contributed by atoms with van der Waals surface area (Å²) in [7, 11) is 0. The molecule has 0 unspecified atom stereocenters. The van der Waals surface area contributed by atoms with E-state index in [-0.39, 0.29) is 0 Å². The highest BCUT2D eigenvalue weighted by molar-refractivity contribution is 4.82. The minimum atomic E-state index is 0.429. The van der Waals surface area contributed by atoms with E-state index in [2.05, 4.69) is 19.2 Å². The average Bonchev–Trinajstić information content (AvgIpc) is 2.38. The molecule has 1 N–H and O–H groups in total. The van der Waals surface area contributed by atoms with E-state index in [0.29, 0.717) is 5.41 Å². The van der Waals surface area contributed by atoms with E-state index in [0.717, 1.165) is 19.8 Å². The van der Waals surface area contributed by atoms with Gasteiger partial charge in [-0.1, -0.05) is 71.6 Å². The topological polar surface area (TPSA) is 21.3 Å². The van der Waals surface area contributed by atoms with Gasteiger partial charge in [0, 0.05) is 12.0 Å². The second-order valence-electron chi connectivity index (χ2n) is 6.66. The van der Waals surface area contributed by atoms with Gasteiger partial charge in [-0.2, -0.15) is 0 Å². The van der Waals surface area contributed by atoms with Gasteiger partial charge in [-0.25, -0.2) is 0 Å². The Morgan fingerprint density at radius 3 is 1.84 bits per heavy atom. The van der Waals surface area contributed by atoms with Gasteiger partial charge in [-0.15, -0.1) is 0 Å². The quantitative estimate of drug-likeness (QED) is 0.496. The summed E-state index contributed by atoms with van der Waals surface area (Å²) in [5.41, 5.74) is 0.429. The van der Waals surface area contributed by atoms with Gasteiger partial charge < -0.3 is 10.1 Å². The van der Waals surface area contributed by atoms with E-state index < -0.39 is 0 Å². The predicted octanol–water partition coefficient (Wildman–Crippen LogP) is 4.53. The molecule has 1 fully saturated rings. The van der Waals surface area contributed by atoms with Crippen LogP contribution in [0.25, 0.3) is 0 Å². The minimum Gasteiger partial charge on any atom is -0.380 e. The molecule has 0 amide bonds. The van der Waals surface area contributed by atoms with Gasteiger partial charge in [-0.3, -0.25) is 0 Å². The van der Waals surface area contributed by atoms with Crippen molar-refractivity contribution in [2.24, 2.45) is 5.41 Å². The molecular formula is C17H35NO. The Morgan fingerprint density at radius 1 is 0.842 bits per heavy atom. The fourth-order valence-electron chi connectivity index (χ4n) is 2.68.